The van der Waals surface area contributed by atoms with E-state index in [9.17, 15) is 0 Å². The lowest BCUT2D eigenvalue weighted by Crippen LogP contribution is -2.26. The first-order chi connectivity index (χ1) is 9.76. The first-order valence-electron chi connectivity index (χ1n) is 8.06. The van der Waals surface area contributed by atoms with E-state index in [1.54, 1.807) is 6.33 Å². The van der Waals surface area contributed by atoms with Crippen LogP contribution in [0.5, 0.6) is 0 Å². The van der Waals surface area contributed by atoms with E-state index in [4.69, 9.17) is 0 Å². The van der Waals surface area contributed by atoms with Gasteiger partial charge in [0.1, 0.15) is 18.0 Å². The highest BCUT2D eigenvalue weighted by atomic mass is 15.2. The Bertz CT molecular complexity index is 419. The van der Waals surface area contributed by atoms with Gasteiger partial charge in [0.25, 0.3) is 0 Å². The normalized spacial score (nSPS) is 19.8. The van der Waals surface area contributed by atoms with Crippen molar-refractivity contribution in [3.05, 3.63) is 11.9 Å². The van der Waals surface area contributed by atoms with Crippen molar-refractivity contribution in [1.82, 2.24) is 9.97 Å². The van der Waals surface area contributed by atoms with E-state index in [0.717, 1.165) is 37.2 Å². The molecule has 0 bridgehead atoms. The molecule has 0 aliphatic carbocycles. The Morgan fingerprint density at radius 3 is 2.85 bits per heavy atom. The van der Waals surface area contributed by atoms with Crippen molar-refractivity contribution >= 4 is 11.6 Å². The summed E-state index contributed by atoms with van der Waals surface area (Å²) in [7, 11) is 0. The molecule has 0 spiro atoms. The van der Waals surface area contributed by atoms with E-state index in [-0.39, 0.29) is 0 Å². The molecule has 2 heterocycles. The molecule has 1 fully saturated rings. The summed E-state index contributed by atoms with van der Waals surface area (Å²) in [6.07, 6.45) is 8.32. The van der Waals surface area contributed by atoms with Gasteiger partial charge in [-0.2, -0.15) is 0 Å². The van der Waals surface area contributed by atoms with Crippen LogP contribution in [-0.4, -0.2) is 29.6 Å². The van der Waals surface area contributed by atoms with Crippen LogP contribution in [0, 0.1) is 12.8 Å². The summed E-state index contributed by atoms with van der Waals surface area (Å²) >= 11 is 0. The van der Waals surface area contributed by atoms with Gasteiger partial charge in [-0.05, 0) is 39.0 Å². The van der Waals surface area contributed by atoms with Crippen LogP contribution >= 0.6 is 0 Å². The van der Waals surface area contributed by atoms with Crippen LogP contribution in [-0.2, 0) is 0 Å². The Morgan fingerprint density at radius 2 is 2.10 bits per heavy atom. The van der Waals surface area contributed by atoms with Crippen molar-refractivity contribution < 1.29 is 0 Å². The molecule has 0 saturated carbocycles. The van der Waals surface area contributed by atoms with Crippen LogP contribution < -0.4 is 10.2 Å². The summed E-state index contributed by atoms with van der Waals surface area (Å²) in [6, 6.07) is 0. The molecule has 0 radical (unpaired) electrons. The fraction of sp³-hybridized carbons (Fsp3) is 0.750. The summed E-state index contributed by atoms with van der Waals surface area (Å²) in [5, 5.41) is 3.32. The van der Waals surface area contributed by atoms with Crippen LogP contribution in [0.15, 0.2) is 6.33 Å². The molecule has 0 aromatic carbocycles. The average Bonchev–Trinajstić information content (AvgIpc) is 2.68. The lowest BCUT2D eigenvalue weighted by molar-refractivity contribution is 0.435. The maximum atomic E-state index is 4.53. The smallest absolute Gasteiger partial charge is 0.137 e. The number of hydrogen-bond donors (Lipinski definition) is 1. The van der Waals surface area contributed by atoms with Gasteiger partial charge in [0.2, 0.25) is 0 Å². The number of aromatic nitrogens is 2. The quantitative estimate of drug-likeness (QED) is 0.891. The third kappa shape index (κ3) is 3.62. The molecule has 4 heteroatoms. The minimum Gasteiger partial charge on any atom is -0.370 e. The van der Waals surface area contributed by atoms with Gasteiger partial charge >= 0.3 is 0 Å². The Kier molecular flexibility index (Phi) is 5.62. The van der Waals surface area contributed by atoms with Crippen molar-refractivity contribution in [3.63, 3.8) is 0 Å². The maximum absolute atomic E-state index is 4.53. The molecule has 1 aliphatic rings. The first-order valence-corrected chi connectivity index (χ1v) is 8.06. The van der Waals surface area contributed by atoms with Gasteiger partial charge in [-0.3, -0.25) is 0 Å². The topological polar surface area (TPSA) is 41.1 Å². The van der Waals surface area contributed by atoms with E-state index in [1.165, 1.54) is 37.7 Å². The summed E-state index contributed by atoms with van der Waals surface area (Å²) in [6.45, 7) is 9.68. The lowest BCUT2D eigenvalue weighted by atomic mass is 9.96. The first kappa shape index (κ1) is 15.1. The standard InChI is InChI=1S/C16H28N4/c1-4-7-14-8-6-10-20(11-9-14)16-13(3)15(17-5-2)18-12-19-16/h12,14H,4-11H2,1-3H3,(H,17,18,19). The number of hydrogen-bond acceptors (Lipinski definition) is 4. The molecular weight excluding hydrogens is 248 g/mol. The molecular formula is C16H28N4. The van der Waals surface area contributed by atoms with Gasteiger partial charge in [0.15, 0.2) is 0 Å². The zero-order valence-corrected chi connectivity index (χ0v) is 13.2. The summed E-state index contributed by atoms with van der Waals surface area (Å²) < 4.78 is 0. The van der Waals surface area contributed by atoms with Crippen molar-refractivity contribution in [3.8, 4) is 0 Å². The third-order valence-corrected chi connectivity index (χ3v) is 4.25. The monoisotopic (exact) mass is 276 g/mol. The Balaban J connectivity index is 2.09. The zero-order chi connectivity index (χ0) is 14.4. The Hall–Kier alpha value is -1.32. The SMILES string of the molecule is CCCC1CCCN(c2ncnc(NCC)c2C)CC1. The highest BCUT2D eigenvalue weighted by molar-refractivity contribution is 5.57. The second-order valence-corrected chi connectivity index (χ2v) is 5.77. The third-order valence-electron chi connectivity index (χ3n) is 4.25. The highest BCUT2D eigenvalue weighted by Gasteiger charge is 2.19. The van der Waals surface area contributed by atoms with Gasteiger partial charge in [0.05, 0.1) is 0 Å². The molecule has 1 unspecified atom stereocenters. The molecule has 0 amide bonds. The number of nitrogens with zero attached hydrogens (tertiary/aromatic N) is 3. The fourth-order valence-electron chi connectivity index (χ4n) is 3.18. The van der Waals surface area contributed by atoms with Crippen molar-refractivity contribution in [1.29, 1.82) is 0 Å². The van der Waals surface area contributed by atoms with Crippen molar-refractivity contribution in [2.24, 2.45) is 5.92 Å². The van der Waals surface area contributed by atoms with E-state index >= 15 is 0 Å². The van der Waals surface area contributed by atoms with Crippen LogP contribution in [0.4, 0.5) is 11.6 Å². The molecule has 1 aliphatic heterocycles. The summed E-state index contributed by atoms with van der Waals surface area (Å²) in [5.74, 6) is 3.00. The molecule has 20 heavy (non-hydrogen) atoms. The van der Waals surface area contributed by atoms with Crippen molar-refractivity contribution in [2.75, 3.05) is 29.9 Å². The molecule has 1 aromatic rings. The maximum Gasteiger partial charge on any atom is 0.137 e. The summed E-state index contributed by atoms with van der Waals surface area (Å²) in [5.41, 5.74) is 1.18. The van der Waals surface area contributed by atoms with Gasteiger partial charge < -0.3 is 10.2 Å². The molecule has 1 saturated heterocycles. The van der Waals surface area contributed by atoms with E-state index in [2.05, 4.69) is 41.0 Å². The Morgan fingerprint density at radius 1 is 1.25 bits per heavy atom. The molecule has 1 N–H and O–H groups in total. The van der Waals surface area contributed by atoms with Crippen molar-refractivity contribution in [2.45, 2.75) is 52.9 Å². The number of rotatable bonds is 5. The van der Waals surface area contributed by atoms with Gasteiger partial charge in [-0.1, -0.05) is 19.8 Å². The van der Waals surface area contributed by atoms with Crippen LogP contribution in [0.2, 0.25) is 0 Å². The van der Waals surface area contributed by atoms with Gasteiger partial charge in [-0.15, -0.1) is 0 Å². The average molecular weight is 276 g/mol. The van der Waals surface area contributed by atoms with Crippen LogP contribution in [0.1, 0.15) is 51.5 Å². The second kappa shape index (κ2) is 7.46. The summed E-state index contributed by atoms with van der Waals surface area (Å²) in [4.78, 5) is 11.3. The van der Waals surface area contributed by atoms with E-state index < -0.39 is 0 Å². The predicted octanol–water partition coefficient (Wildman–Crippen LogP) is 3.62. The van der Waals surface area contributed by atoms with Gasteiger partial charge in [-0.25, -0.2) is 9.97 Å². The predicted molar refractivity (Wildman–Crippen MR) is 85.4 cm³/mol. The van der Waals surface area contributed by atoms with Gasteiger partial charge in [0, 0.05) is 25.2 Å². The molecule has 112 valence electrons. The van der Waals surface area contributed by atoms with Crippen LogP contribution in [0.25, 0.3) is 0 Å². The minimum atomic E-state index is 0.899. The number of nitrogens with one attached hydrogen (secondary N) is 1. The highest BCUT2D eigenvalue weighted by Crippen LogP contribution is 2.27. The molecule has 4 nitrogen and oxygen atoms in total. The molecule has 1 aromatic heterocycles. The second-order valence-electron chi connectivity index (χ2n) is 5.77. The lowest BCUT2D eigenvalue weighted by Gasteiger charge is -2.24. The number of anilines is 2. The zero-order valence-electron chi connectivity index (χ0n) is 13.2. The fourth-order valence-corrected chi connectivity index (χ4v) is 3.18. The molecule has 2 rings (SSSR count). The largest absolute Gasteiger partial charge is 0.370 e. The van der Waals surface area contributed by atoms with E-state index in [0.29, 0.717) is 0 Å². The van der Waals surface area contributed by atoms with Crippen LogP contribution in [0.3, 0.4) is 0 Å². The van der Waals surface area contributed by atoms with E-state index in [1.807, 2.05) is 0 Å². The molecule has 1 atom stereocenters. The Labute approximate surface area is 123 Å². The minimum absolute atomic E-state index is 0.899.